The van der Waals surface area contributed by atoms with E-state index in [0.717, 1.165) is 6.20 Å². The number of methoxy groups -OCH3 is 1. The summed E-state index contributed by atoms with van der Waals surface area (Å²) in [7, 11) is -2.50. The summed E-state index contributed by atoms with van der Waals surface area (Å²) in [5, 5.41) is 20.9. The molecule has 0 atom stereocenters. The minimum Gasteiger partial charge on any atom is -0.495 e. The van der Waals surface area contributed by atoms with Crippen molar-refractivity contribution in [3.8, 4) is 17.1 Å². The molecule has 0 spiro atoms. The van der Waals surface area contributed by atoms with Gasteiger partial charge in [-0.3, -0.25) is 4.98 Å². The molecule has 2 aromatic heterocycles. The van der Waals surface area contributed by atoms with Gasteiger partial charge in [0.15, 0.2) is 0 Å². The van der Waals surface area contributed by atoms with Crippen LogP contribution in [0.4, 0.5) is 4.39 Å². The van der Waals surface area contributed by atoms with Crippen molar-refractivity contribution < 1.29 is 22.7 Å². The molecule has 12 heteroatoms. The minimum absolute atomic E-state index is 0.0740. The molecule has 0 aliphatic rings. The lowest BCUT2D eigenvalue weighted by Gasteiger charge is -2.10. The zero-order chi connectivity index (χ0) is 20.1. The van der Waals surface area contributed by atoms with Crippen molar-refractivity contribution in [1.82, 2.24) is 29.9 Å². The summed E-state index contributed by atoms with van der Waals surface area (Å²) in [6.07, 6.45) is 1.10. The Labute approximate surface area is 160 Å². The van der Waals surface area contributed by atoms with Crippen LogP contribution in [0.15, 0.2) is 41.4 Å². The number of halogens is 1. The molecule has 148 valence electrons. The monoisotopic (exact) mass is 408 g/mol. The van der Waals surface area contributed by atoms with Crippen molar-refractivity contribution in [2.45, 2.75) is 11.4 Å². The van der Waals surface area contributed by atoms with Crippen LogP contribution in [0.3, 0.4) is 0 Å². The Morgan fingerprint density at radius 3 is 2.79 bits per heavy atom. The van der Waals surface area contributed by atoms with Crippen molar-refractivity contribution in [2.75, 3.05) is 20.3 Å². The molecule has 0 saturated carbocycles. The number of pyridine rings is 1. The van der Waals surface area contributed by atoms with E-state index >= 15 is 0 Å². The van der Waals surface area contributed by atoms with Crippen LogP contribution in [-0.2, 0) is 16.6 Å². The number of rotatable bonds is 8. The molecule has 0 aliphatic carbocycles. The maximum absolute atomic E-state index is 12.9. The van der Waals surface area contributed by atoms with E-state index < -0.39 is 15.8 Å². The van der Waals surface area contributed by atoms with Crippen molar-refractivity contribution >= 4 is 10.0 Å². The largest absolute Gasteiger partial charge is 0.495 e. The Morgan fingerprint density at radius 2 is 2.11 bits per heavy atom. The van der Waals surface area contributed by atoms with Crippen LogP contribution >= 0.6 is 0 Å². The molecule has 2 N–H and O–H groups in total. The summed E-state index contributed by atoms with van der Waals surface area (Å²) in [5.41, 5.74) is 1.05. The molecule has 0 aliphatic heterocycles. The number of hydrogen-bond donors (Lipinski definition) is 2. The minimum atomic E-state index is -3.84. The fraction of sp³-hybridized carbons (Fsp3) is 0.250. The molecule has 3 rings (SSSR count). The Balaban J connectivity index is 1.84. The molecule has 0 radical (unpaired) electrons. The average molecular weight is 408 g/mol. The predicted molar refractivity (Wildman–Crippen MR) is 95.4 cm³/mol. The zero-order valence-corrected chi connectivity index (χ0v) is 15.6. The standard InChI is InChI=1S/C16H17FN6O4S/c1-27-14-8-11(2-5-15(14)28(25,26)19-6-7-24)16-20-22-23(21-16)10-13-4-3-12(17)9-18-13/h2-5,8-9,19,24H,6-7,10H2,1H3. The third-order valence-electron chi connectivity index (χ3n) is 3.66. The van der Waals surface area contributed by atoms with E-state index in [1.807, 2.05) is 0 Å². The number of nitrogens with one attached hydrogen (secondary N) is 1. The molecule has 0 fully saturated rings. The second kappa shape index (κ2) is 8.37. The summed E-state index contributed by atoms with van der Waals surface area (Å²) in [6.45, 7) is -0.238. The van der Waals surface area contributed by atoms with Crippen molar-refractivity contribution in [3.63, 3.8) is 0 Å². The van der Waals surface area contributed by atoms with Gasteiger partial charge in [-0.05, 0) is 35.5 Å². The Hall–Kier alpha value is -2.96. The number of ether oxygens (including phenoxy) is 1. The van der Waals surface area contributed by atoms with E-state index in [1.165, 1.54) is 42.2 Å². The SMILES string of the molecule is COc1cc(-c2nnn(Cc3ccc(F)cn3)n2)ccc1S(=O)(=O)NCCO. The topological polar surface area (TPSA) is 132 Å². The molecule has 3 aromatic rings. The first-order valence-electron chi connectivity index (χ1n) is 8.10. The van der Waals surface area contributed by atoms with Gasteiger partial charge in [-0.1, -0.05) is 0 Å². The van der Waals surface area contributed by atoms with E-state index in [0.29, 0.717) is 11.3 Å². The van der Waals surface area contributed by atoms with Crippen molar-refractivity contribution in [3.05, 3.63) is 48.0 Å². The zero-order valence-electron chi connectivity index (χ0n) is 14.8. The van der Waals surface area contributed by atoms with E-state index in [-0.39, 0.29) is 36.2 Å². The Kier molecular flexibility index (Phi) is 5.92. The Morgan fingerprint density at radius 1 is 1.29 bits per heavy atom. The number of nitrogens with zero attached hydrogens (tertiary/aromatic N) is 5. The second-order valence-electron chi connectivity index (χ2n) is 5.60. The molecule has 0 saturated heterocycles. The van der Waals surface area contributed by atoms with Gasteiger partial charge in [-0.15, -0.1) is 10.2 Å². The third kappa shape index (κ3) is 4.47. The molecular formula is C16H17FN6O4S. The highest BCUT2D eigenvalue weighted by Crippen LogP contribution is 2.28. The summed E-state index contributed by atoms with van der Waals surface area (Å²) in [6, 6.07) is 7.16. The number of hydrogen-bond acceptors (Lipinski definition) is 8. The first-order valence-corrected chi connectivity index (χ1v) is 9.58. The number of aliphatic hydroxyl groups excluding tert-OH is 1. The normalized spacial score (nSPS) is 11.5. The maximum Gasteiger partial charge on any atom is 0.244 e. The molecule has 28 heavy (non-hydrogen) atoms. The molecule has 0 amide bonds. The lowest BCUT2D eigenvalue weighted by atomic mass is 10.2. The van der Waals surface area contributed by atoms with E-state index in [4.69, 9.17) is 9.84 Å². The Bertz CT molecular complexity index is 1060. The van der Waals surface area contributed by atoms with Gasteiger partial charge in [0.05, 0.1) is 25.6 Å². The smallest absolute Gasteiger partial charge is 0.244 e. The number of sulfonamides is 1. The van der Waals surface area contributed by atoms with Gasteiger partial charge < -0.3 is 9.84 Å². The lowest BCUT2D eigenvalue weighted by Crippen LogP contribution is -2.27. The molecular weight excluding hydrogens is 391 g/mol. The van der Waals surface area contributed by atoms with Gasteiger partial charge >= 0.3 is 0 Å². The maximum atomic E-state index is 12.9. The first kappa shape index (κ1) is 19.8. The van der Waals surface area contributed by atoms with E-state index in [9.17, 15) is 12.8 Å². The second-order valence-corrected chi connectivity index (χ2v) is 7.33. The summed E-state index contributed by atoms with van der Waals surface area (Å²) in [5.74, 6) is -0.0845. The van der Waals surface area contributed by atoms with E-state index in [2.05, 4.69) is 25.1 Å². The van der Waals surface area contributed by atoms with Gasteiger partial charge in [0.2, 0.25) is 15.8 Å². The fourth-order valence-corrected chi connectivity index (χ4v) is 3.53. The van der Waals surface area contributed by atoms with Crippen LogP contribution in [0.25, 0.3) is 11.4 Å². The summed E-state index contributed by atoms with van der Waals surface area (Å²) >= 11 is 0. The van der Waals surface area contributed by atoms with Gasteiger partial charge in [0.25, 0.3) is 0 Å². The van der Waals surface area contributed by atoms with Gasteiger partial charge in [-0.2, -0.15) is 4.80 Å². The quantitative estimate of drug-likeness (QED) is 0.540. The van der Waals surface area contributed by atoms with Crippen LogP contribution in [0.2, 0.25) is 0 Å². The number of tetrazole rings is 1. The van der Waals surface area contributed by atoms with Crippen LogP contribution < -0.4 is 9.46 Å². The number of benzene rings is 1. The first-order chi connectivity index (χ1) is 13.4. The molecule has 0 bridgehead atoms. The highest BCUT2D eigenvalue weighted by atomic mass is 32.2. The molecule has 10 nitrogen and oxygen atoms in total. The van der Waals surface area contributed by atoms with Crippen LogP contribution in [-0.4, -0.2) is 59.0 Å². The average Bonchev–Trinajstić information content (AvgIpc) is 3.16. The van der Waals surface area contributed by atoms with Gasteiger partial charge in [0.1, 0.15) is 23.0 Å². The van der Waals surface area contributed by atoms with Crippen molar-refractivity contribution in [1.29, 1.82) is 0 Å². The number of aromatic nitrogens is 5. The summed E-state index contributed by atoms with van der Waals surface area (Å²) in [4.78, 5) is 5.14. The van der Waals surface area contributed by atoms with Crippen LogP contribution in [0.5, 0.6) is 5.75 Å². The highest BCUT2D eigenvalue weighted by Gasteiger charge is 2.20. The molecule has 2 heterocycles. The molecule has 0 unspecified atom stereocenters. The van der Waals surface area contributed by atoms with Gasteiger partial charge in [0, 0.05) is 12.1 Å². The predicted octanol–water partition coefficient (Wildman–Crippen LogP) is 0.202. The number of aliphatic hydroxyl groups is 1. The van der Waals surface area contributed by atoms with E-state index in [1.54, 1.807) is 0 Å². The van der Waals surface area contributed by atoms with Crippen LogP contribution in [0, 0.1) is 5.82 Å². The highest BCUT2D eigenvalue weighted by molar-refractivity contribution is 7.89. The van der Waals surface area contributed by atoms with Crippen LogP contribution in [0.1, 0.15) is 5.69 Å². The van der Waals surface area contributed by atoms with Crippen molar-refractivity contribution in [2.24, 2.45) is 0 Å². The third-order valence-corrected chi connectivity index (χ3v) is 5.16. The molecule has 1 aromatic carbocycles. The summed E-state index contributed by atoms with van der Waals surface area (Å²) < 4.78 is 44.9. The fourth-order valence-electron chi connectivity index (χ4n) is 2.36. The van der Waals surface area contributed by atoms with Gasteiger partial charge in [-0.25, -0.2) is 17.5 Å². The lowest BCUT2D eigenvalue weighted by molar-refractivity contribution is 0.301.